The molecule has 0 aromatic carbocycles. The van der Waals surface area contributed by atoms with Gasteiger partial charge >= 0.3 is 0 Å². The van der Waals surface area contributed by atoms with Crippen molar-refractivity contribution in [2.45, 2.75) is 46.1 Å². The highest BCUT2D eigenvalue weighted by Gasteiger charge is 2.10. The summed E-state index contributed by atoms with van der Waals surface area (Å²) < 4.78 is 0. The summed E-state index contributed by atoms with van der Waals surface area (Å²) in [6, 6.07) is 0.0763. The van der Waals surface area contributed by atoms with E-state index in [0.29, 0.717) is 0 Å². The number of hydrogen-bond acceptors (Lipinski definition) is 2. The Balaban J connectivity index is 2.60. The summed E-state index contributed by atoms with van der Waals surface area (Å²) >= 11 is 0. The van der Waals surface area contributed by atoms with Crippen LogP contribution in [-0.2, 0) is 0 Å². The van der Waals surface area contributed by atoms with Crippen LogP contribution < -0.4 is 5.73 Å². The molecule has 0 bridgehead atoms. The van der Waals surface area contributed by atoms with Crippen LogP contribution >= 0.6 is 0 Å². The number of aromatic amines is 1. The molecule has 0 spiro atoms. The Morgan fingerprint density at radius 1 is 1.46 bits per heavy atom. The number of nitrogens with zero attached hydrogens (tertiary/aromatic N) is 1. The first-order chi connectivity index (χ1) is 6.15. The lowest BCUT2D eigenvalue weighted by Crippen LogP contribution is -2.11. The van der Waals surface area contributed by atoms with Gasteiger partial charge in [-0.25, -0.2) is 4.98 Å². The van der Waals surface area contributed by atoms with Crippen LogP contribution in [0.5, 0.6) is 0 Å². The van der Waals surface area contributed by atoms with E-state index in [2.05, 4.69) is 16.9 Å². The molecule has 1 aromatic heterocycles. The molecule has 0 radical (unpaired) electrons. The molecular formula is C10H19N3. The Labute approximate surface area is 79.8 Å². The lowest BCUT2D eigenvalue weighted by molar-refractivity contribution is 0.579. The molecule has 1 aromatic rings. The van der Waals surface area contributed by atoms with Gasteiger partial charge in [0.05, 0.1) is 11.7 Å². The van der Waals surface area contributed by atoms with Crippen molar-refractivity contribution in [1.29, 1.82) is 0 Å². The van der Waals surface area contributed by atoms with E-state index in [1.165, 1.54) is 12.8 Å². The summed E-state index contributed by atoms with van der Waals surface area (Å²) in [5.41, 5.74) is 8.15. The van der Waals surface area contributed by atoms with Crippen molar-refractivity contribution >= 4 is 0 Å². The third-order valence-corrected chi connectivity index (χ3v) is 2.37. The van der Waals surface area contributed by atoms with Gasteiger partial charge < -0.3 is 10.7 Å². The molecule has 0 aliphatic rings. The van der Waals surface area contributed by atoms with Crippen LogP contribution in [0.4, 0.5) is 0 Å². The number of imidazole rings is 1. The minimum absolute atomic E-state index is 0.0763. The maximum absolute atomic E-state index is 5.97. The van der Waals surface area contributed by atoms with E-state index in [0.717, 1.165) is 23.6 Å². The van der Waals surface area contributed by atoms with Gasteiger partial charge in [0, 0.05) is 5.69 Å². The van der Waals surface area contributed by atoms with E-state index in [-0.39, 0.29) is 6.04 Å². The monoisotopic (exact) mass is 181 g/mol. The Kier molecular flexibility index (Phi) is 3.48. The molecule has 13 heavy (non-hydrogen) atoms. The smallest absolute Gasteiger partial charge is 0.123 e. The largest absolute Gasteiger partial charge is 0.345 e. The third-order valence-electron chi connectivity index (χ3n) is 2.37. The summed E-state index contributed by atoms with van der Waals surface area (Å²) in [4.78, 5) is 7.60. The molecule has 3 heteroatoms. The van der Waals surface area contributed by atoms with E-state index in [1.807, 2.05) is 13.8 Å². The van der Waals surface area contributed by atoms with Gasteiger partial charge in [-0.1, -0.05) is 19.8 Å². The molecular weight excluding hydrogens is 162 g/mol. The first kappa shape index (κ1) is 10.3. The van der Waals surface area contributed by atoms with Crippen LogP contribution in [0.3, 0.4) is 0 Å². The first-order valence-corrected chi connectivity index (χ1v) is 4.93. The fraction of sp³-hybridized carbons (Fsp3) is 0.700. The summed E-state index contributed by atoms with van der Waals surface area (Å²) in [7, 11) is 0. The van der Waals surface area contributed by atoms with Crippen molar-refractivity contribution in [3.63, 3.8) is 0 Å². The maximum atomic E-state index is 5.97. The number of aromatic nitrogens is 2. The second kappa shape index (κ2) is 4.42. The molecule has 0 aliphatic heterocycles. The van der Waals surface area contributed by atoms with E-state index in [1.54, 1.807) is 0 Å². The topological polar surface area (TPSA) is 54.7 Å². The minimum Gasteiger partial charge on any atom is -0.345 e. The zero-order chi connectivity index (χ0) is 9.84. The fourth-order valence-electron chi connectivity index (χ4n) is 1.31. The number of unbranched alkanes of at least 4 members (excludes halogenated alkanes) is 1. The lowest BCUT2D eigenvalue weighted by atomic mass is 10.1. The van der Waals surface area contributed by atoms with Crippen LogP contribution in [0.15, 0.2) is 0 Å². The van der Waals surface area contributed by atoms with Gasteiger partial charge in [-0.2, -0.15) is 0 Å². The number of nitrogens with one attached hydrogen (secondary N) is 1. The minimum atomic E-state index is 0.0763. The molecule has 1 heterocycles. The number of hydrogen-bond donors (Lipinski definition) is 2. The van der Waals surface area contributed by atoms with Crippen molar-refractivity contribution in [3.05, 3.63) is 17.2 Å². The van der Waals surface area contributed by atoms with E-state index in [4.69, 9.17) is 5.73 Å². The average molecular weight is 181 g/mol. The second-order valence-corrected chi connectivity index (χ2v) is 3.58. The van der Waals surface area contributed by atoms with Crippen LogP contribution in [0.1, 0.15) is 49.4 Å². The first-order valence-electron chi connectivity index (χ1n) is 4.93. The van der Waals surface area contributed by atoms with Crippen LogP contribution in [-0.4, -0.2) is 9.97 Å². The average Bonchev–Trinajstić information content (AvgIpc) is 2.43. The molecule has 0 aliphatic carbocycles. The van der Waals surface area contributed by atoms with Crippen molar-refractivity contribution < 1.29 is 0 Å². The molecule has 1 atom stereocenters. The molecule has 1 rings (SSSR count). The number of aryl methyl sites for hydroxylation is 2. The molecule has 0 amide bonds. The molecule has 74 valence electrons. The maximum Gasteiger partial charge on any atom is 0.123 e. The highest BCUT2D eigenvalue weighted by atomic mass is 15.0. The molecule has 3 nitrogen and oxygen atoms in total. The van der Waals surface area contributed by atoms with E-state index < -0.39 is 0 Å². The predicted molar refractivity (Wildman–Crippen MR) is 54.5 cm³/mol. The summed E-state index contributed by atoms with van der Waals surface area (Å²) in [6.07, 6.45) is 3.37. The summed E-state index contributed by atoms with van der Waals surface area (Å²) in [5, 5.41) is 0. The van der Waals surface area contributed by atoms with Gasteiger partial charge in [-0.15, -0.1) is 0 Å². The van der Waals surface area contributed by atoms with Gasteiger partial charge in [0.15, 0.2) is 0 Å². The van der Waals surface area contributed by atoms with Crippen molar-refractivity contribution in [1.82, 2.24) is 9.97 Å². The van der Waals surface area contributed by atoms with Crippen molar-refractivity contribution in [3.8, 4) is 0 Å². The predicted octanol–water partition coefficient (Wildman–Crippen LogP) is 2.22. The van der Waals surface area contributed by atoms with E-state index in [9.17, 15) is 0 Å². The third kappa shape index (κ3) is 2.56. The zero-order valence-corrected chi connectivity index (χ0v) is 8.72. The Bertz CT molecular complexity index is 246. The SMILES string of the molecule is CCCCC(N)c1nc(C)c(C)[nH]1. The zero-order valence-electron chi connectivity index (χ0n) is 8.72. The highest BCUT2D eigenvalue weighted by molar-refractivity contribution is 5.12. The normalized spacial score (nSPS) is 13.2. The van der Waals surface area contributed by atoms with Crippen LogP contribution in [0.25, 0.3) is 0 Å². The molecule has 1 unspecified atom stereocenters. The van der Waals surface area contributed by atoms with Gasteiger partial charge in [-0.05, 0) is 20.3 Å². The summed E-state index contributed by atoms with van der Waals surface area (Å²) in [5.74, 6) is 0.934. The van der Waals surface area contributed by atoms with Crippen LogP contribution in [0, 0.1) is 13.8 Å². The Morgan fingerprint density at radius 3 is 2.62 bits per heavy atom. The Hall–Kier alpha value is -0.830. The second-order valence-electron chi connectivity index (χ2n) is 3.58. The van der Waals surface area contributed by atoms with Gasteiger partial charge in [0.1, 0.15) is 5.82 Å². The van der Waals surface area contributed by atoms with Crippen LogP contribution in [0.2, 0.25) is 0 Å². The molecule has 0 saturated carbocycles. The molecule has 0 fully saturated rings. The van der Waals surface area contributed by atoms with Gasteiger partial charge in [0.25, 0.3) is 0 Å². The fourth-order valence-corrected chi connectivity index (χ4v) is 1.31. The van der Waals surface area contributed by atoms with E-state index >= 15 is 0 Å². The number of rotatable bonds is 4. The number of nitrogens with two attached hydrogens (primary N) is 1. The molecule has 0 saturated heterocycles. The lowest BCUT2D eigenvalue weighted by Gasteiger charge is -2.06. The Morgan fingerprint density at radius 2 is 2.15 bits per heavy atom. The quantitative estimate of drug-likeness (QED) is 0.748. The summed E-state index contributed by atoms with van der Waals surface area (Å²) in [6.45, 7) is 6.20. The standard InChI is InChI=1S/C10H19N3/c1-4-5-6-9(11)10-12-7(2)8(3)13-10/h9H,4-6,11H2,1-3H3,(H,12,13). The number of H-pyrrole nitrogens is 1. The van der Waals surface area contributed by atoms with Gasteiger partial charge in [-0.3, -0.25) is 0 Å². The van der Waals surface area contributed by atoms with Crippen molar-refractivity contribution in [2.75, 3.05) is 0 Å². The molecule has 3 N–H and O–H groups in total. The van der Waals surface area contributed by atoms with Crippen molar-refractivity contribution in [2.24, 2.45) is 5.73 Å². The van der Waals surface area contributed by atoms with Gasteiger partial charge in [0.2, 0.25) is 0 Å². The highest BCUT2D eigenvalue weighted by Crippen LogP contribution is 2.15.